The number of aromatic hydroxyl groups is 1. The van der Waals surface area contributed by atoms with Gasteiger partial charge in [-0.15, -0.1) is 0 Å². The van der Waals surface area contributed by atoms with Crippen molar-refractivity contribution in [2.24, 2.45) is 0 Å². The number of hydrogen-bond donors (Lipinski definition) is 2. The molecule has 27 heavy (non-hydrogen) atoms. The number of phenolic OH excluding ortho intramolecular Hbond substituents is 1. The average molecular weight is 388 g/mol. The van der Waals surface area contributed by atoms with Crippen molar-refractivity contribution in [1.29, 1.82) is 0 Å². The lowest BCUT2D eigenvalue weighted by molar-refractivity contribution is 0.102. The Morgan fingerprint density at radius 1 is 1.04 bits per heavy atom. The molecule has 0 spiro atoms. The topological polar surface area (TPSA) is 86.7 Å². The molecule has 144 valence electrons. The number of anilines is 1. The Balaban J connectivity index is 1.89. The van der Waals surface area contributed by atoms with Crippen LogP contribution in [0.25, 0.3) is 0 Å². The van der Waals surface area contributed by atoms with Crippen molar-refractivity contribution < 1.29 is 18.3 Å². The number of carbonyl (C=O) groups excluding carboxylic acids is 1. The molecule has 1 aliphatic rings. The Morgan fingerprint density at radius 3 is 2.41 bits per heavy atom. The molecule has 2 aromatic carbocycles. The minimum Gasteiger partial charge on any atom is -0.506 e. The maximum absolute atomic E-state index is 12.9. The SMILES string of the molecule is Cc1ccc(NC(=O)c2cc(S(=O)(=O)N3CCCCC3)ccc2C)c(O)c1. The average Bonchev–Trinajstić information content (AvgIpc) is 2.65. The minimum atomic E-state index is -3.62. The van der Waals surface area contributed by atoms with Crippen LogP contribution in [0.2, 0.25) is 0 Å². The van der Waals surface area contributed by atoms with Crippen molar-refractivity contribution in [2.45, 2.75) is 38.0 Å². The van der Waals surface area contributed by atoms with E-state index >= 15 is 0 Å². The molecule has 2 N–H and O–H groups in total. The quantitative estimate of drug-likeness (QED) is 0.786. The van der Waals surface area contributed by atoms with Crippen LogP contribution in [0.3, 0.4) is 0 Å². The highest BCUT2D eigenvalue weighted by molar-refractivity contribution is 7.89. The van der Waals surface area contributed by atoms with Crippen molar-refractivity contribution in [1.82, 2.24) is 4.31 Å². The normalized spacial score (nSPS) is 15.5. The summed E-state index contributed by atoms with van der Waals surface area (Å²) < 4.78 is 27.2. The first kappa shape index (κ1) is 19.4. The summed E-state index contributed by atoms with van der Waals surface area (Å²) in [6, 6.07) is 9.55. The minimum absolute atomic E-state index is 0.0295. The lowest BCUT2D eigenvalue weighted by Crippen LogP contribution is -2.35. The molecule has 6 nitrogen and oxygen atoms in total. The summed E-state index contributed by atoms with van der Waals surface area (Å²) in [5, 5.41) is 12.6. The van der Waals surface area contributed by atoms with Crippen molar-refractivity contribution >= 4 is 21.6 Å². The van der Waals surface area contributed by atoms with Crippen LogP contribution in [-0.2, 0) is 10.0 Å². The van der Waals surface area contributed by atoms with Crippen molar-refractivity contribution in [3.05, 3.63) is 53.1 Å². The number of amides is 1. The predicted octanol–water partition coefficient (Wildman–Crippen LogP) is 3.44. The number of carbonyl (C=O) groups is 1. The molecule has 0 aromatic heterocycles. The van der Waals surface area contributed by atoms with Gasteiger partial charge in [0.05, 0.1) is 10.6 Å². The van der Waals surface area contributed by atoms with Gasteiger partial charge in [0.2, 0.25) is 10.0 Å². The van der Waals surface area contributed by atoms with Gasteiger partial charge in [-0.3, -0.25) is 4.79 Å². The molecule has 1 saturated heterocycles. The molecule has 0 atom stereocenters. The van der Waals surface area contributed by atoms with Crippen molar-refractivity contribution in [2.75, 3.05) is 18.4 Å². The number of piperidine rings is 1. The summed E-state index contributed by atoms with van der Waals surface area (Å²) in [5.41, 5.74) is 2.09. The maximum Gasteiger partial charge on any atom is 0.256 e. The highest BCUT2D eigenvalue weighted by Crippen LogP contribution is 2.26. The lowest BCUT2D eigenvalue weighted by atomic mass is 10.1. The monoisotopic (exact) mass is 388 g/mol. The van der Waals surface area contributed by atoms with Gasteiger partial charge in [-0.2, -0.15) is 4.31 Å². The van der Waals surface area contributed by atoms with Crippen LogP contribution in [0, 0.1) is 13.8 Å². The molecule has 1 fully saturated rings. The van der Waals surface area contributed by atoms with Gasteiger partial charge >= 0.3 is 0 Å². The number of rotatable bonds is 4. The van der Waals surface area contributed by atoms with Crippen LogP contribution in [0.1, 0.15) is 40.7 Å². The van der Waals surface area contributed by atoms with E-state index in [2.05, 4.69) is 5.32 Å². The molecule has 1 aliphatic heterocycles. The van der Waals surface area contributed by atoms with E-state index in [0.717, 1.165) is 24.8 Å². The van der Waals surface area contributed by atoms with Gasteiger partial charge in [0.1, 0.15) is 5.75 Å². The predicted molar refractivity (Wildman–Crippen MR) is 105 cm³/mol. The van der Waals surface area contributed by atoms with Gasteiger partial charge < -0.3 is 10.4 Å². The molecule has 7 heteroatoms. The Labute approximate surface area is 159 Å². The van der Waals surface area contributed by atoms with Crippen LogP contribution in [0.5, 0.6) is 5.75 Å². The van der Waals surface area contributed by atoms with Crippen LogP contribution in [0.4, 0.5) is 5.69 Å². The molecule has 0 bridgehead atoms. The Kier molecular flexibility index (Phi) is 5.53. The molecule has 0 saturated carbocycles. The first-order valence-electron chi connectivity index (χ1n) is 9.01. The summed E-state index contributed by atoms with van der Waals surface area (Å²) in [6.45, 7) is 4.61. The zero-order valence-electron chi connectivity index (χ0n) is 15.5. The fraction of sp³-hybridized carbons (Fsp3) is 0.350. The van der Waals surface area contributed by atoms with Crippen LogP contribution >= 0.6 is 0 Å². The van der Waals surface area contributed by atoms with Gasteiger partial charge in [-0.05, 0) is 62.1 Å². The third-order valence-corrected chi connectivity index (χ3v) is 6.70. The number of nitrogens with zero attached hydrogens (tertiary/aromatic N) is 1. The van der Waals surface area contributed by atoms with E-state index in [0.29, 0.717) is 18.7 Å². The molecule has 0 aliphatic carbocycles. The van der Waals surface area contributed by atoms with Gasteiger partial charge in [0.15, 0.2) is 0 Å². The van der Waals surface area contributed by atoms with Gasteiger partial charge in [0, 0.05) is 18.7 Å². The molecular formula is C20H24N2O4S. The Bertz CT molecular complexity index is 964. The third kappa shape index (κ3) is 4.14. The number of aryl methyl sites for hydroxylation is 2. The van der Waals surface area contributed by atoms with Crippen molar-refractivity contribution in [3.8, 4) is 5.75 Å². The van der Waals surface area contributed by atoms with E-state index in [9.17, 15) is 18.3 Å². The van der Waals surface area contributed by atoms with Gasteiger partial charge in [-0.25, -0.2) is 8.42 Å². The van der Waals surface area contributed by atoms with E-state index in [1.165, 1.54) is 10.4 Å². The summed E-state index contributed by atoms with van der Waals surface area (Å²) >= 11 is 0. The highest BCUT2D eigenvalue weighted by atomic mass is 32.2. The maximum atomic E-state index is 12.9. The van der Waals surface area contributed by atoms with E-state index < -0.39 is 15.9 Å². The zero-order valence-corrected chi connectivity index (χ0v) is 16.3. The van der Waals surface area contributed by atoms with Crippen LogP contribution < -0.4 is 5.32 Å². The second kappa shape index (κ2) is 7.70. The fourth-order valence-electron chi connectivity index (χ4n) is 3.20. The largest absolute Gasteiger partial charge is 0.506 e. The molecule has 0 unspecified atom stereocenters. The standard InChI is InChI=1S/C20H24N2O4S/c1-14-6-9-18(19(23)12-14)21-20(24)17-13-16(8-7-15(17)2)27(25,26)22-10-4-3-5-11-22/h6-9,12-13,23H,3-5,10-11H2,1-2H3,(H,21,24). The van der Waals surface area contributed by atoms with Crippen LogP contribution in [0.15, 0.2) is 41.3 Å². The first-order valence-corrected chi connectivity index (χ1v) is 10.4. The summed E-state index contributed by atoms with van der Waals surface area (Å²) in [4.78, 5) is 12.8. The second-order valence-corrected chi connectivity index (χ2v) is 8.85. The Hall–Kier alpha value is -2.38. The second-order valence-electron chi connectivity index (χ2n) is 6.92. The molecule has 3 rings (SSSR count). The van der Waals surface area contributed by atoms with E-state index in [-0.39, 0.29) is 21.9 Å². The lowest BCUT2D eigenvalue weighted by Gasteiger charge is -2.26. The van der Waals surface area contributed by atoms with Gasteiger partial charge in [0.25, 0.3) is 5.91 Å². The third-order valence-electron chi connectivity index (χ3n) is 4.81. The van der Waals surface area contributed by atoms with E-state index in [1.807, 2.05) is 6.92 Å². The van der Waals surface area contributed by atoms with E-state index in [4.69, 9.17) is 0 Å². The number of phenols is 1. The first-order chi connectivity index (χ1) is 12.8. The molecule has 1 heterocycles. The highest BCUT2D eigenvalue weighted by Gasteiger charge is 2.27. The Morgan fingerprint density at radius 2 is 1.74 bits per heavy atom. The molecular weight excluding hydrogens is 364 g/mol. The number of nitrogens with one attached hydrogen (secondary N) is 1. The number of benzene rings is 2. The molecule has 0 radical (unpaired) electrons. The van der Waals surface area contributed by atoms with Crippen LogP contribution in [-0.4, -0.2) is 36.8 Å². The molecule has 2 aromatic rings. The number of sulfonamides is 1. The fourth-order valence-corrected chi connectivity index (χ4v) is 4.74. The van der Waals surface area contributed by atoms with Gasteiger partial charge in [-0.1, -0.05) is 18.6 Å². The summed E-state index contributed by atoms with van der Waals surface area (Å²) in [5.74, 6) is -0.486. The zero-order chi connectivity index (χ0) is 19.6. The van der Waals surface area contributed by atoms with E-state index in [1.54, 1.807) is 37.3 Å². The smallest absolute Gasteiger partial charge is 0.256 e. The van der Waals surface area contributed by atoms with Crippen molar-refractivity contribution in [3.63, 3.8) is 0 Å². The summed E-state index contributed by atoms with van der Waals surface area (Å²) in [6.07, 6.45) is 2.74. The number of hydrogen-bond acceptors (Lipinski definition) is 4. The molecule has 1 amide bonds. The summed E-state index contributed by atoms with van der Waals surface area (Å²) in [7, 11) is -3.62.